The van der Waals surface area contributed by atoms with E-state index < -0.39 is 12.1 Å². The maximum atomic E-state index is 11.9. The van der Waals surface area contributed by atoms with Crippen molar-refractivity contribution in [3.8, 4) is 5.75 Å². The van der Waals surface area contributed by atoms with Gasteiger partial charge in [-0.3, -0.25) is 9.59 Å². The Bertz CT molecular complexity index is 533. The van der Waals surface area contributed by atoms with E-state index in [1.807, 2.05) is 18.2 Å². The summed E-state index contributed by atoms with van der Waals surface area (Å²) in [5, 5.41) is 4.33. The van der Waals surface area contributed by atoms with Gasteiger partial charge in [-0.15, -0.1) is 0 Å². The number of carbonyl (C=O) groups is 2. The molecule has 5 nitrogen and oxygen atoms in total. The molecule has 0 bridgehead atoms. The first-order chi connectivity index (χ1) is 10.8. The van der Waals surface area contributed by atoms with Crippen LogP contribution in [0.1, 0.15) is 18.4 Å². The van der Waals surface area contributed by atoms with Crippen LogP contribution in [0, 0.1) is 0 Å². The second kappa shape index (κ2) is 9.02. The zero-order chi connectivity index (χ0) is 17.3. The molecule has 0 aliphatic rings. The van der Waals surface area contributed by atoms with Crippen LogP contribution in [0.15, 0.2) is 24.3 Å². The lowest BCUT2D eigenvalue weighted by atomic mass is 10.1. The van der Waals surface area contributed by atoms with Gasteiger partial charge in [-0.1, -0.05) is 18.2 Å². The first-order valence-electron chi connectivity index (χ1n) is 7.08. The lowest BCUT2D eigenvalue weighted by Crippen LogP contribution is -2.38. The number of carbonyl (C=O) groups excluding carboxylic acids is 2. The molecular formula is C15H19F3N2O3. The number of para-hydroxylation sites is 1. The Morgan fingerprint density at radius 2 is 1.78 bits per heavy atom. The molecule has 0 saturated carbocycles. The molecule has 1 rings (SSSR count). The first-order valence-corrected chi connectivity index (χ1v) is 7.08. The molecule has 1 aromatic rings. The van der Waals surface area contributed by atoms with Gasteiger partial charge in [-0.25, -0.2) is 0 Å². The van der Waals surface area contributed by atoms with E-state index in [9.17, 15) is 22.8 Å². The van der Waals surface area contributed by atoms with E-state index >= 15 is 0 Å². The Balaban J connectivity index is 2.19. The van der Waals surface area contributed by atoms with Gasteiger partial charge in [0.25, 0.3) is 0 Å². The molecule has 2 N–H and O–H groups in total. The highest BCUT2D eigenvalue weighted by Crippen LogP contribution is 2.18. The normalized spacial score (nSPS) is 11.0. The molecule has 0 spiro atoms. The van der Waals surface area contributed by atoms with Gasteiger partial charge < -0.3 is 15.4 Å². The van der Waals surface area contributed by atoms with Crippen molar-refractivity contribution in [2.75, 3.05) is 20.2 Å². The number of methoxy groups -OCH3 is 1. The molecule has 0 atom stereocenters. The Hall–Kier alpha value is -2.25. The van der Waals surface area contributed by atoms with Crippen LogP contribution in [-0.2, 0) is 16.0 Å². The summed E-state index contributed by atoms with van der Waals surface area (Å²) in [6.45, 7) is 0.0496. The van der Waals surface area contributed by atoms with Crippen molar-refractivity contribution in [3.05, 3.63) is 29.8 Å². The van der Waals surface area contributed by atoms with Gasteiger partial charge in [0, 0.05) is 19.5 Å². The zero-order valence-electron chi connectivity index (χ0n) is 12.7. The number of aryl methyl sites for hydroxylation is 1. The Morgan fingerprint density at radius 3 is 2.43 bits per heavy atom. The summed E-state index contributed by atoms with van der Waals surface area (Å²) in [5.74, 6) is -1.48. The minimum atomic E-state index is -4.88. The minimum Gasteiger partial charge on any atom is -0.496 e. The van der Waals surface area contributed by atoms with Crippen LogP contribution in [0.25, 0.3) is 0 Å². The van der Waals surface area contributed by atoms with Crippen molar-refractivity contribution in [2.45, 2.75) is 25.4 Å². The maximum Gasteiger partial charge on any atom is 0.471 e. The SMILES string of the molecule is COc1ccccc1CCC(=O)NCCCNC(=O)C(F)(F)F. The summed E-state index contributed by atoms with van der Waals surface area (Å²) < 4.78 is 40.9. The van der Waals surface area contributed by atoms with Crippen molar-refractivity contribution in [3.63, 3.8) is 0 Å². The molecule has 0 saturated heterocycles. The number of halogens is 3. The topological polar surface area (TPSA) is 67.4 Å². The second-order valence-electron chi connectivity index (χ2n) is 4.77. The second-order valence-corrected chi connectivity index (χ2v) is 4.77. The molecular weight excluding hydrogens is 313 g/mol. The van der Waals surface area contributed by atoms with Crippen LogP contribution in [-0.4, -0.2) is 38.2 Å². The Morgan fingerprint density at radius 1 is 1.13 bits per heavy atom. The monoisotopic (exact) mass is 332 g/mol. The zero-order valence-corrected chi connectivity index (χ0v) is 12.7. The Kier molecular flexibility index (Phi) is 7.37. The maximum absolute atomic E-state index is 11.9. The van der Waals surface area contributed by atoms with E-state index in [0.29, 0.717) is 12.2 Å². The van der Waals surface area contributed by atoms with Gasteiger partial charge in [-0.05, 0) is 24.5 Å². The highest BCUT2D eigenvalue weighted by atomic mass is 19.4. The van der Waals surface area contributed by atoms with E-state index in [-0.39, 0.29) is 31.8 Å². The fraction of sp³-hybridized carbons (Fsp3) is 0.467. The Labute approximate surface area is 132 Å². The van der Waals surface area contributed by atoms with E-state index in [4.69, 9.17) is 4.74 Å². The summed E-state index contributed by atoms with van der Waals surface area (Å²) in [5.41, 5.74) is 0.905. The summed E-state index contributed by atoms with van der Waals surface area (Å²) in [6, 6.07) is 7.34. The molecule has 0 heterocycles. The molecule has 2 amide bonds. The molecule has 0 radical (unpaired) electrons. The first kappa shape index (κ1) is 18.8. The van der Waals surface area contributed by atoms with Gasteiger partial charge in [0.05, 0.1) is 7.11 Å². The molecule has 1 aromatic carbocycles. The molecule has 0 aliphatic carbocycles. The number of benzene rings is 1. The standard InChI is InChI=1S/C15H19F3N2O3/c1-23-12-6-3-2-5-11(12)7-8-13(21)19-9-4-10-20-14(22)15(16,17)18/h2-3,5-6H,4,7-10H2,1H3,(H,19,21)(H,20,22). The van der Waals surface area contributed by atoms with Gasteiger partial charge in [-0.2, -0.15) is 13.2 Å². The van der Waals surface area contributed by atoms with Crippen molar-refractivity contribution >= 4 is 11.8 Å². The smallest absolute Gasteiger partial charge is 0.471 e. The molecule has 128 valence electrons. The van der Waals surface area contributed by atoms with E-state index in [1.54, 1.807) is 18.5 Å². The summed E-state index contributed by atoms with van der Waals surface area (Å²) in [6.07, 6.45) is -3.91. The average molecular weight is 332 g/mol. The van der Waals surface area contributed by atoms with Crippen molar-refractivity contribution < 1.29 is 27.5 Å². The van der Waals surface area contributed by atoms with Gasteiger partial charge >= 0.3 is 12.1 Å². The van der Waals surface area contributed by atoms with Crippen LogP contribution >= 0.6 is 0 Å². The van der Waals surface area contributed by atoms with Crippen LogP contribution in [0.5, 0.6) is 5.75 Å². The summed E-state index contributed by atoms with van der Waals surface area (Å²) >= 11 is 0. The molecule has 8 heteroatoms. The molecule has 23 heavy (non-hydrogen) atoms. The quantitative estimate of drug-likeness (QED) is 0.714. The van der Waals surface area contributed by atoms with Crippen LogP contribution in [0.3, 0.4) is 0 Å². The lowest BCUT2D eigenvalue weighted by Gasteiger charge is -2.09. The third-order valence-corrected chi connectivity index (χ3v) is 3.03. The molecule has 0 fully saturated rings. The third kappa shape index (κ3) is 7.03. The highest BCUT2D eigenvalue weighted by Gasteiger charge is 2.38. The number of nitrogens with one attached hydrogen (secondary N) is 2. The lowest BCUT2D eigenvalue weighted by molar-refractivity contribution is -0.173. The van der Waals surface area contributed by atoms with Gasteiger partial charge in [0.2, 0.25) is 5.91 Å². The average Bonchev–Trinajstić information content (AvgIpc) is 2.51. The number of rotatable bonds is 8. The molecule has 0 aliphatic heterocycles. The predicted molar refractivity (Wildman–Crippen MR) is 78.0 cm³/mol. The van der Waals surface area contributed by atoms with Crippen molar-refractivity contribution in [1.82, 2.24) is 10.6 Å². The predicted octanol–water partition coefficient (Wildman–Crippen LogP) is 1.81. The largest absolute Gasteiger partial charge is 0.496 e. The van der Waals surface area contributed by atoms with Crippen molar-refractivity contribution in [1.29, 1.82) is 0 Å². The van der Waals surface area contributed by atoms with E-state index in [0.717, 1.165) is 5.56 Å². The highest BCUT2D eigenvalue weighted by molar-refractivity contribution is 5.81. The fourth-order valence-corrected chi connectivity index (χ4v) is 1.86. The number of ether oxygens (including phenoxy) is 1. The van der Waals surface area contributed by atoms with Gasteiger partial charge in [0.1, 0.15) is 5.75 Å². The number of hydrogen-bond acceptors (Lipinski definition) is 3. The van der Waals surface area contributed by atoms with E-state index in [2.05, 4.69) is 5.32 Å². The number of amides is 2. The van der Waals surface area contributed by atoms with Crippen LogP contribution in [0.2, 0.25) is 0 Å². The van der Waals surface area contributed by atoms with Crippen molar-refractivity contribution in [2.24, 2.45) is 0 Å². The minimum absolute atomic E-state index is 0.148. The van der Waals surface area contributed by atoms with Crippen LogP contribution in [0.4, 0.5) is 13.2 Å². The summed E-state index contributed by atoms with van der Waals surface area (Å²) in [4.78, 5) is 22.2. The van der Waals surface area contributed by atoms with E-state index in [1.165, 1.54) is 0 Å². The third-order valence-electron chi connectivity index (χ3n) is 3.03. The number of alkyl halides is 3. The van der Waals surface area contributed by atoms with Crippen LogP contribution < -0.4 is 15.4 Å². The molecule has 0 aromatic heterocycles. The fourth-order valence-electron chi connectivity index (χ4n) is 1.86. The number of hydrogen-bond donors (Lipinski definition) is 2. The van der Waals surface area contributed by atoms with Gasteiger partial charge in [0.15, 0.2) is 0 Å². The summed E-state index contributed by atoms with van der Waals surface area (Å²) in [7, 11) is 1.55. The molecule has 0 unspecified atom stereocenters.